The molecule has 2 aliphatic heterocycles. The van der Waals surface area contributed by atoms with E-state index in [1.807, 2.05) is 0 Å². The van der Waals surface area contributed by atoms with Crippen LogP contribution in [0.4, 0.5) is 13.2 Å². The van der Waals surface area contributed by atoms with E-state index < -0.39 is 11.7 Å². The fraction of sp³-hybridized carbons (Fsp3) is 0.412. The zero-order valence-electron chi connectivity index (χ0n) is 13.5. The Morgan fingerprint density at radius 2 is 2.16 bits per heavy atom. The number of hydrogen-bond donors (Lipinski definition) is 2. The third-order valence-corrected chi connectivity index (χ3v) is 4.69. The molecule has 2 N–H and O–H groups in total. The average Bonchev–Trinajstić information content (AvgIpc) is 3.05. The molecule has 1 fully saturated rings. The number of rotatable bonds is 2. The number of piperidine rings is 1. The van der Waals surface area contributed by atoms with Crippen molar-refractivity contribution in [2.75, 3.05) is 19.8 Å². The molecule has 0 spiro atoms. The van der Waals surface area contributed by atoms with Gasteiger partial charge in [0.2, 0.25) is 0 Å². The first-order chi connectivity index (χ1) is 12.0. The molecule has 0 amide bonds. The van der Waals surface area contributed by atoms with Crippen molar-refractivity contribution in [1.82, 2.24) is 20.2 Å². The van der Waals surface area contributed by atoms with Crippen LogP contribution < -0.4 is 5.32 Å². The average molecular weight is 349 g/mol. The molecule has 0 radical (unpaired) electrons. The quantitative estimate of drug-likeness (QED) is 0.877. The molecule has 4 rings (SSSR count). The van der Waals surface area contributed by atoms with Crippen LogP contribution in [-0.4, -0.2) is 52.6 Å². The van der Waals surface area contributed by atoms with Crippen molar-refractivity contribution in [3.63, 3.8) is 0 Å². The minimum Gasteiger partial charge on any atom is -0.353 e. The zero-order valence-corrected chi connectivity index (χ0v) is 13.5. The van der Waals surface area contributed by atoms with E-state index in [9.17, 15) is 13.2 Å². The maximum absolute atomic E-state index is 13.7. The Morgan fingerprint density at radius 3 is 2.92 bits per heavy atom. The van der Waals surface area contributed by atoms with Gasteiger partial charge in [-0.05, 0) is 31.5 Å². The van der Waals surface area contributed by atoms with E-state index in [4.69, 9.17) is 0 Å². The molecule has 25 heavy (non-hydrogen) atoms. The minimum absolute atomic E-state index is 0.0215. The van der Waals surface area contributed by atoms with Gasteiger partial charge >= 0.3 is 6.18 Å². The zero-order chi connectivity index (χ0) is 17.4. The molecule has 1 saturated heterocycles. The standard InChI is InChI=1S/C17H18F3N5/c18-17(19,20)14-9-25(11-3-1-5-21-7-11)10-24-15(14)13-8-23-16-12(13)4-2-6-22-16/h2,4,6,8-9,11,21H,1,3,5,7,10H2,(H,22,23)/t11-/m0/s1. The lowest BCUT2D eigenvalue weighted by molar-refractivity contribution is -0.0877. The van der Waals surface area contributed by atoms with Crippen molar-refractivity contribution >= 4 is 16.7 Å². The number of nitrogens with zero attached hydrogens (tertiary/aromatic N) is 3. The lowest BCUT2D eigenvalue weighted by Crippen LogP contribution is -2.45. The van der Waals surface area contributed by atoms with Crippen LogP contribution in [-0.2, 0) is 0 Å². The smallest absolute Gasteiger partial charge is 0.353 e. The van der Waals surface area contributed by atoms with E-state index in [1.165, 1.54) is 6.20 Å². The van der Waals surface area contributed by atoms with Crippen molar-refractivity contribution < 1.29 is 13.2 Å². The summed E-state index contributed by atoms with van der Waals surface area (Å²) in [5.74, 6) is 0. The number of halogens is 3. The summed E-state index contributed by atoms with van der Waals surface area (Å²) in [5.41, 5.74) is 0.273. The summed E-state index contributed by atoms with van der Waals surface area (Å²) < 4.78 is 41.1. The molecule has 2 aromatic rings. The lowest BCUT2D eigenvalue weighted by Gasteiger charge is -2.36. The number of aromatic nitrogens is 2. The Bertz CT molecular complexity index is 830. The third kappa shape index (κ3) is 3.02. The molecular weight excluding hydrogens is 331 g/mol. The first-order valence-electron chi connectivity index (χ1n) is 8.27. The van der Waals surface area contributed by atoms with Crippen LogP contribution in [0.25, 0.3) is 11.0 Å². The summed E-state index contributed by atoms with van der Waals surface area (Å²) >= 11 is 0. The second kappa shape index (κ2) is 6.18. The second-order valence-electron chi connectivity index (χ2n) is 6.30. The number of aliphatic imine (C=N–C) groups is 1. The molecule has 0 bridgehead atoms. The summed E-state index contributed by atoms with van der Waals surface area (Å²) in [4.78, 5) is 13.1. The van der Waals surface area contributed by atoms with Crippen molar-refractivity contribution in [2.45, 2.75) is 25.1 Å². The van der Waals surface area contributed by atoms with Crippen molar-refractivity contribution in [2.24, 2.45) is 4.99 Å². The van der Waals surface area contributed by atoms with Crippen molar-refractivity contribution in [3.05, 3.63) is 41.9 Å². The highest BCUT2D eigenvalue weighted by Crippen LogP contribution is 2.34. The van der Waals surface area contributed by atoms with E-state index in [0.717, 1.165) is 19.4 Å². The number of aromatic amines is 1. The van der Waals surface area contributed by atoms with E-state index in [-0.39, 0.29) is 18.4 Å². The fourth-order valence-corrected chi connectivity index (χ4v) is 3.43. The molecule has 2 aliphatic rings. The highest BCUT2D eigenvalue weighted by molar-refractivity contribution is 6.19. The van der Waals surface area contributed by atoms with Crippen LogP contribution in [0.3, 0.4) is 0 Å². The van der Waals surface area contributed by atoms with Gasteiger partial charge in [0, 0.05) is 42.1 Å². The molecular formula is C17H18F3N5. The number of allylic oxidation sites excluding steroid dienone is 1. The number of nitrogens with one attached hydrogen (secondary N) is 2. The number of alkyl halides is 3. The maximum Gasteiger partial charge on any atom is 0.419 e. The van der Waals surface area contributed by atoms with Crippen LogP contribution in [0, 0.1) is 0 Å². The highest BCUT2D eigenvalue weighted by atomic mass is 19.4. The summed E-state index contributed by atoms with van der Waals surface area (Å²) in [7, 11) is 0. The van der Waals surface area contributed by atoms with Gasteiger partial charge in [0.25, 0.3) is 0 Å². The number of fused-ring (bicyclic) bond motifs is 1. The van der Waals surface area contributed by atoms with Gasteiger partial charge in [-0.15, -0.1) is 0 Å². The Labute approximate surface area is 142 Å². The summed E-state index contributed by atoms with van der Waals surface area (Å²) in [6, 6.07) is 3.50. The topological polar surface area (TPSA) is 56.3 Å². The van der Waals surface area contributed by atoms with Crippen molar-refractivity contribution in [3.8, 4) is 0 Å². The van der Waals surface area contributed by atoms with Gasteiger partial charge in [-0.2, -0.15) is 13.2 Å². The SMILES string of the molecule is FC(F)(F)C1=CN([C@H]2CCCNC2)CN=C1c1c[nH]c2ncccc12. The minimum atomic E-state index is -4.47. The van der Waals surface area contributed by atoms with Gasteiger partial charge in [-0.3, -0.25) is 4.99 Å². The van der Waals surface area contributed by atoms with Crippen LogP contribution >= 0.6 is 0 Å². The van der Waals surface area contributed by atoms with Crippen LogP contribution in [0.1, 0.15) is 18.4 Å². The van der Waals surface area contributed by atoms with Crippen LogP contribution in [0.5, 0.6) is 0 Å². The Morgan fingerprint density at radius 1 is 1.28 bits per heavy atom. The lowest BCUT2D eigenvalue weighted by atomic mass is 10.00. The predicted molar refractivity (Wildman–Crippen MR) is 89.4 cm³/mol. The van der Waals surface area contributed by atoms with Crippen LogP contribution in [0.2, 0.25) is 0 Å². The molecule has 0 aliphatic carbocycles. The van der Waals surface area contributed by atoms with Gasteiger partial charge in [0.05, 0.1) is 11.3 Å². The first-order valence-corrected chi connectivity index (χ1v) is 8.27. The number of H-pyrrole nitrogens is 1. The maximum atomic E-state index is 13.7. The fourth-order valence-electron chi connectivity index (χ4n) is 3.43. The Kier molecular flexibility index (Phi) is 3.99. The van der Waals surface area contributed by atoms with Gasteiger partial charge in [-0.1, -0.05) is 0 Å². The van der Waals surface area contributed by atoms with Gasteiger partial charge < -0.3 is 15.2 Å². The molecule has 0 saturated carbocycles. The normalized spacial score (nSPS) is 22.0. The molecule has 0 aromatic carbocycles. The van der Waals surface area contributed by atoms with Crippen LogP contribution in [0.15, 0.2) is 41.3 Å². The molecule has 2 aromatic heterocycles. The van der Waals surface area contributed by atoms with E-state index >= 15 is 0 Å². The Hall–Kier alpha value is -2.35. The Balaban J connectivity index is 1.72. The predicted octanol–water partition coefficient (Wildman–Crippen LogP) is 2.82. The highest BCUT2D eigenvalue weighted by Gasteiger charge is 2.40. The van der Waals surface area contributed by atoms with Gasteiger partial charge in [0.1, 0.15) is 12.3 Å². The van der Waals surface area contributed by atoms with E-state index in [2.05, 4.69) is 20.3 Å². The third-order valence-electron chi connectivity index (χ3n) is 4.69. The number of hydrogen-bond acceptors (Lipinski definition) is 4. The van der Waals surface area contributed by atoms with Gasteiger partial charge in [-0.25, -0.2) is 4.98 Å². The summed E-state index contributed by atoms with van der Waals surface area (Å²) in [6.45, 7) is 1.83. The summed E-state index contributed by atoms with van der Waals surface area (Å²) in [6.07, 6.45) is 1.75. The monoisotopic (exact) mass is 349 g/mol. The van der Waals surface area contributed by atoms with E-state index in [0.29, 0.717) is 23.1 Å². The number of pyridine rings is 1. The van der Waals surface area contributed by atoms with Crippen molar-refractivity contribution in [1.29, 1.82) is 0 Å². The second-order valence-corrected chi connectivity index (χ2v) is 6.30. The van der Waals surface area contributed by atoms with E-state index in [1.54, 1.807) is 29.4 Å². The summed E-state index contributed by atoms with van der Waals surface area (Å²) in [5, 5.41) is 3.88. The molecule has 8 heteroatoms. The van der Waals surface area contributed by atoms with Gasteiger partial charge in [0.15, 0.2) is 0 Å². The molecule has 0 unspecified atom stereocenters. The molecule has 1 atom stereocenters. The first kappa shape index (κ1) is 16.1. The largest absolute Gasteiger partial charge is 0.419 e. The molecule has 4 heterocycles. The molecule has 5 nitrogen and oxygen atoms in total. The molecule has 132 valence electrons.